The summed E-state index contributed by atoms with van der Waals surface area (Å²) in [4.78, 5) is 12.4. The van der Waals surface area contributed by atoms with Crippen LogP contribution in [0, 0.1) is 28.6 Å². The number of hydrogen-bond donors (Lipinski definition) is 1. The molecule has 3 heteroatoms. The third kappa shape index (κ3) is 1.40. The summed E-state index contributed by atoms with van der Waals surface area (Å²) in [5.41, 5.74) is 0.162. The van der Waals surface area contributed by atoms with Crippen molar-refractivity contribution in [1.29, 1.82) is 0 Å². The van der Waals surface area contributed by atoms with Crippen molar-refractivity contribution >= 4 is 5.78 Å². The van der Waals surface area contributed by atoms with Gasteiger partial charge >= 0.3 is 0 Å². The lowest BCUT2D eigenvalue weighted by atomic mass is 9.45. The molecule has 2 unspecified atom stereocenters. The van der Waals surface area contributed by atoms with Crippen molar-refractivity contribution in [2.75, 3.05) is 0 Å². The molecule has 1 N–H and O–H groups in total. The van der Waals surface area contributed by atoms with E-state index in [0.717, 1.165) is 44.9 Å². The van der Waals surface area contributed by atoms with Gasteiger partial charge in [0.25, 0.3) is 0 Å². The predicted molar refractivity (Wildman–Crippen MR) is 82.2 cm³/mol. The van der Waals surface area contributed by atoms with E-state index >= 15 is 0 Å². The molecule has 5 aliphatic rings. The normalized spacial score (nSPS) is 62.7. The van der Waals surface area contributed by atoms with E-state index in [1.807, 2.05) is 0 Å². The van der Waals surface area contributed by atoms with Gasteiger partial charge in [-0.25, -0.2) is 0 Å². The Morgan fingerprint density at radius 2 is 1.95 bits per heavy atom. The number of hydrogen-bond acceptors (Lipinski definition) is 3. The molecule has 5 fully saturated rings. The average Bonchev–Trinajstić information content (AvgIpc) is 3.08. The van der Waals surface area contributed by atoms with Crippen LogP contribution in [0.3, 0.4) is 0 Å². The molecule has 4 saturated carbocycles. The predicted octanol–water partition coefficient (Wildman–Crippen LogP) is 3.09. The van der Waals surface area contributed by atoms with E-state index < -0.39 is 0 Å². The Labute approximate surface area is 132 Å². The molecule has 0 radical (unpaired) electrons. The minimum atomic E-state index is -0.170. The number of carbonyl (C=O) groups excluding carboxylic acids is 1. The summed E-state index contributed by atoms with van der Waals surface area (Å²) < 4.78 is 6.30. The lowest BCUT2D eigenvalue weighted by Crippen LogP contribution is -2.58. The molecule has 0 aromatic carbocycles. The molecule has 122 valence electrons. The standard InChI is InChI=1S/C19H28O3/c1-17-7-6-14-12(13(17)3-4-15(17)21)9-16-19(22-16)10-11(20)5-8-18(14,19)2/h11-14,16,20H,3-10H2,1-2H3/t11-,12-,13-,14-,16?,17-,18+,19?/m0/s1. The Morgan fingerprint density at radius 3 is 2.77 bits per heavy atom. The minimum absolute atomic E-state index is 0.0256. The zero-order valence-electron chi connectivity index (χ0n) is 13.8. The van der Waals surface area contributed by atoms with Crippen molar-refractivity contribution in [2.45, 2.75) is 83.0 Å². The van der Waals surface area contributed by atoms with Crippen LogP contribution in [-0.4, -0.2) is 28.7 Å². The van der Waals surface area contributed by atoms with Gasteiger partial charge in [-0.3, -0.25) is 4.79 Å². The number of aliphatic hydroxyl groups is 1. The number of ether oxygens (including phenoxy) is 1. The van der Waals surface area contributed by atoms with Crippen LogP contribution >= 0.6 is 0 Å². The third-order valence-corrected chi connectivity index (χ3v) is 8.77. The van der Waals surface area contributed by atoms with Crippen LogP contribution in [0.4, 0.5) is 0 Å². The zero-order chi connectivity index (χ0) is 15.3. The van der Waals surface area contributed by atoms with Crippen molar-refractivity contribution in [3.8, 4) is 0 Å². The molecule has 1 aliphatic heterocycles. The summed E-state index contributed by atoms with van der Waals surface area (Å²) in [6, 6.07) is 0. The number of Topliss-reactive ketones (excluding diaryl/α,β-unsaturated/α-hetero) is 1. The second kappa shape index (κ2) is 3.97. The topological polar surface area (TPSA) is 49.8 Å². The van der Waals surface area contributed by atoms with Gasteiger partial charge in [0.05, 0.1) is 12.2 Å². The van der Waals surface area contributed by atoms with Gasteiger partial charge in [-0.15, -0.1) is 0 Å². The molecule has 0 amide bonds. The number of aliphatic hydroxyl groups excluding tert-OH is 1. The molecule has 4 aliphatic carbocycles. The molecule has 8 atom stereocenters. The van der Waals surface area contributed by atoms with Crippen LogP contribution in [0.1, 0.15) is 65.2 Å². The number of fused-ring (bicyclic) bond motifs is 4. The lowest BCUT2D eigenvalue weighted by Gasteiger charge is -2.58. The van der Waals surface area contributed by atoms with Crippen LogP contribution in [0.15, 0.2) is 0 Å². The number of carbonyl (C=O) groups is 1. The van der Waals surface area contributed by atoms with Crippen LogP contribution in [0.25, 0.3) is 0 Å². The molecule has 1 spiro atoms. The third-order valence-electron chi connectivity index (χ3n) is 8.77. The maximum atomic E-state index is 12.4. The van der Waals surface area contributed by atoms with Gasteiger partial charge in [0.2, 0.25) is 0 Å². The molecular weight excluding hydrogens is 276 g/mol. The first-order chi connectivity index (χ1) is 10.4. The highest BCUT2D eigenvalue weighted by Crippen LogP contribution is 2.72. The molecule has 0 aromatic rings. The summed E-state index contributed by atoms with van der Waals surface area (Å²) in [5.74, 6) is 2.48. The largest absolute Gasteiger partial charge is 0.393 e. The van der Waals surface area contributed by atoms with E-state index in [4.69, 9.17) is 4.74 Å². The molecule has 22 heavy (non-hydrogen) atoms. The van der Waals surface area contributed by atoms with Crippen molar-refractivity contribution in [3.63, 3.8) is 0 Å². The van der Waals surface area contributed by atoms with Gasteiger partial charge in [0.15, 0.2) is 0 Å². The Kier molecular flexibility index (Phi) is 2.52. The smallest absolute Gasteiger partial charge is 0.139 e. The van der Waals surface area contributed by atoms with E-state index in [-0.39, 0.29) is 22.5 Å². The van der Waals surface area contributed by atoms with Crippen LogP contribution in [0.2, 0.25) is 0 Å². The number of epoxide rings is 1. The van der Waals surface area contributed by atoms with E-state index in [2.05, 4.69) is 13.8 Å². The summed E-state index contributed by atoms with van der Waals surface area (Å²) in [7, 11) is 0. The molecule has 3 nitrogen and oxygen atoms in total. The van der Waals surface area contributed by atoms with Crippen molar-refractivity contribution < 1.29 is 14.6 Å². The maximum absolute atomic E-state index is 12.4. The maximum Gasteiger partial charge on any atom is 0.139 e. The summed E-state index contributed by atoms with van der Waals surface area (Å²) in [6.07, 6.45) is 8.37. The molecule has 1 saturated heterocycles. The zero-order valence-corrected chi connectivity index (χ0v) is 13.8. The second-order valence-electron chi connectivity index (χ2n) is 9.34. The van der Waals surface area contributed by atoms with E-state index in [0.29, 0.717) is 29.6 Å². The van der Waals surface area contributed by atoms with Crippen LogP contribution in [-0.2, 0) is 9.53 Å². The SMILES string of the molecule is C[C@]12CC[C@H]3[C@@H](CC4OC45C[C@@H](O)CC[C@]35C)[C@@H]1CCC2=O. The number of rotatable bonds is 0. The van der Waals surface area contributed by atoms with Crippen LogP contribution in [0.5, 0.6) is 0 Å². The van der Waals surface area contributed by atoms with E-state index in [1.165, 1.54) is 6.42 Å². The summed E-state index contributed by atoms with van der Waals surface area (Å²) in [6.45, 7) is 4.68. The van der Waals surface area contributed by atoms with Gasteiger partial charge < -0.3 is 9.84 Å². The summed E-state index contributed by atoms with van der Waals surface area (Å²) >= 11 is 0. The molecule has 0 bridgehead atoms. The quantitative estimate of drug-likeness (QED) is 0.700. The Hall–Kier alpha value is -0.410. The van der Waals surface area contributed by atoms with Gasteiger partial charge in [-0.05, 0) is 56.3 Å². The first-order valence-corrected chi connectivity index (χ1v) is 9.30. The minimum Gasteiger partial charge on any atom is -0.393 e. The highest BCUT2D eigenvalue weighted by atomic mass is 16.6. The highest BCUT2D eigenvalue weighted by Gasteiger charge is 2.76. The first kappa shape index (κ1) is 14.0. The number of ketones is 1. The van der Waals surface area contributed by atoms with Crippen molar-refractivity contribution in [2.24, 2.45) is 28.6 Å². The Balaban J connectivity index is 1.53. The Bertz CT molecular complexity index is 545. The van der Waals surface area contributed by atoms with Crippen molar-refractivity contribution in [1.82, 2.24) is 0 Å². The van der Waals surface area contributed by atoms with Gasteiger partial charge in [0, 0.05) is 23.7 Å². The molecular formula is C19H28O3. The molecule has 0 aromatic heterocycles. The van der Waals surface area contributed by atoms with Crippen molar-refractivity contribution in [3.05, 3.63) is 0 Å². The van der Waals surface area contributed by atoms with E-state index in [1.54, 1.807) is 0 Å². The average molecular weight is 304 g/mol. The Morgan fingerprint density at radius 1 is 1.14 bits per heavy atom. The summed E-state index contributed by atoms with van der Waals surface area (Å²) in [5, 5.41) is 10.2. The van der Waals surface area contributed by atoms with Crippen LogP contribution < -0.4 is 0 Å². The first-order valence-electron chi connectivity index (χ1n) is 9.30. The van der Waals surface area contributed by atoms with Gasteiger partial charge in [-0.2, -0.15) is 0 Å². The lowest BCUT2D eigenvalue weighted by molar-refractivity contribution is -0.138. The monoisotopic (exact) mass is 304 g/mol. The fourth-order valence-electron chi connectivity index (χ4n) is 7.43. The van der Waals surface area contributed by atoms with E-state index in [9.17, 15) is 9.90 Å². The fourth-order valence-corrected chi connectivity index (χ4v) is 7.43. The highest BCUT2D eigenvalue weighted by molar-refractivity contribution is 5.87. The second-order valence-corrected chi connectivity index (χ2v) is 9.34. The molecule has 5 rings (SSSR count). The molecule has 1 heterocycles. The van der Waals surface area contributed by atoms with Gasteiger partial charge in [0.1, 0.15) is 11.4 Å². The fraction of sp³-hybridized carbons (Fsp3) is 0.947. The van der Waals surface area contributed by atoms with Gasteiger partial charge in [-0.1, -0.05) is 13.8 Å².